The molecule has 0 radical (unpaired) electrons. The number of hydrogen-bond donors (Lipinski definition) is 0. The van der Waals surface area contributed by atoms with Crippen LogP contribution in [-0.4, -0.2) is 36.1 Å². The zero-order valence-electron chi connectivity index (χ0n) is 13.1. The predicted molar refractivity (Wildman–Crippen MR) is 87.6 cm³/mol. The zero-order chi connectivity index (χ0) is 16.2. The van der Waals surface area contributed by atoms with Gasteiger partial charge in [0, 0.05) is 44.6 Å². The van der Waals surface area contributed by atoms with Crippen molar-refractivity contribution in [2.75, 3.05) is 31.1 Å². The van der Waals surface area contributed by atoms with Crippen molar-refractivity contribution in [3.63, 3.8) is 0 Å². The molecule has 4 nitrogen and oxygen atoms in total. The molecule has 0 saturated carbocycles. The van der Waals surface area contributed by atoms with Crippen molar-refractivity contribution >= 4 is 5.69 Å². The molecule has 1 atom stereocenters. The normalized spacial score (nSPS) is 16.8. The number of piperazine rings is 1. The van der Waals surface area contributed by atoms with Crippen LogP contribution < -0.4 is 4.90 Å². The Morgan fingerprint density at radius 2 is 1.83 bits per heavy atom. The highest BCUT2D eigenvalue weighted by Crippen LogP contribution is 2.25. The molecule has 2 aromatic rings. The van der Waals surface area contributed by atoms with E-state index in [0.29, 0.717) is 17.3 Å². The van der Waals surface area contributed by atoms with Gasteiger partial charge >= 0.3 is 0 Å². The standard InChI is InChI=1S/C18H19FN4/c1-14(16-4-6-21-7-5-16)22-8-10-23(11-9-22)18-3-2-15(13-20)12-17(18)19/h2-7,12,14H,8-11H2,1H3. The molecular weight excluding hydrogens is 291 g/mol. The molecule has 0 spiro atoms. The molecule has 0 aliphatic carbocycles. The SMILES string of the molecule is CC(c1ccncc1)N1CCN(c2ccc(C#N)cc2F)CC1. The molecule has 3 rings (SSSR count). The van der Waals surface area contributed by atoms with Gasteiger partial charge in [-0.25, -0.2) is 4.39 Å². The van der Waals surface area contributed by atoms with Crippen molar-refractivity contribution < 1.29 is 4.39 Å². The van der Waals surface area contributed by atoms with E-state index in [2.05, 4.69) is 16.8 Å². The van der Waals surface area contributed by atoms with Crippen molar-refractivity contribution in [1.82, 2.24) is 9.88 Å². The number of rotatable bonds is 3. The number of anilines is 1. The molecule has 0 amide bonds. The number of pyridine rings is 1. The number of hydrogen-bond acceptors (Lipinski definition) is 4. The summed E-state index contributed by atoms with van der Waals surface area (Å²) in [7, 11) is 0. The van der Waals surface area contributed by atoms with Crippen molar-refractivity contribution in [3.8, 4) is 6.07 Å². The van der Waals surface area contributed by atoms with Gasteiger partial charge in [0.25, 0.3) is 0 Å². The molecular formula is C18H19FN4. The van der Waals surface area contributed by atoms with Crippen LogP contribution in [0.3, 0.4) is 0 Å². The summed E-state index contributed by atoms with van der Waals surface area (Å²) >= 11 is 0. The third kappa shape index (κ3) is 3.33. The topological polar surface area (TPSA) is 43.2 Å². The second kappa shape index (κ2) is 6.76. The van der Waals surface area contributed by atoms with Gasteiger partial charge in [-0.2, -0.15) is 5.26 Å². The molecule has 118 valence electrons. The van der Waals surface area contributed by atoms with Gasteiger partial charge in [-0.15, -0.1) is 0 Å². The lowest BCUT2D eigenvalue weighted by Crippen LogP contribution is -2.47. The van der Waals surface area contributed by atoms with E-state index in [4.69, 9.17) is 5.26 Å². The molecule has 1 aromatic heterocycles. The summed E-state index contributed by atoms with van der Waals surface area (Å²) in [5, 5.41) is 8.83. The van der Waals surface area contributed by atoms with Gasteiger partial charge in [-0.05, 0) is 42.8 Å². The molecule has 1 unspecified atom stereocenters. The number of benzene rings is 1. The van der Waals surface area contributed by atoms with Gasteiger partial charge in [0.05, 0.1) is 17.3 Å². The maximum Gasteiger partial charge on any atom is 0.147 e. The minimum atomic E-state index is -0.320. The van der Waals surface area contributed by atoms with Crippen LogP contribution >= 0.6 is 0 Å². The Balaban J connectivity index is 1.66. The summed E-state index contributed by atoms with van der Waals surface area (Å²) in [6.45, 7) is 5.50. The van der Waals surface area contributed by atoms with Gasteiger partial charge in [0.2, 0.25) is 0 Å². The fourth-order valence-corrected chi connectivity index (χ4v) is 3.04. The van der Waals surface area contributed by atoms with Crippen LogP contribution in [0, 0.1) is 17.1 Å². The Hall–Kier alpha value is -2.45. The number of nitrogens with zero attached hydrogens (tertiary/aromatic N) is 4. The average Bonchev–Trinajstić information content (AvgIpc) is 2.62. The maximum atomic E-state index is 14.1. The van der Waals surface area contributed by atoms with E-state index in [0.717, 1.165) is 26.2 Å². The molecule has 1 fully saturated rings. The monoisotopic (exact) mass is 310 g/mol. The van der Waals surface area contributed by atoms with Crippen LogP contribution in [0.15, 0.2) is 42.7 Å². The quantitative estimate of drug-likeness (QED) is 0.874. The Bertz CT molecular complexity index is 703. The van der Waals surface area contributed by atoms with Crippen LogP contribution in [0.1, 0.15) is 24.1 Å². The van der Waals surface area contributed by atoms with Crippen molar-refractivity contribution in [2.24, 2.45) is 0 Å². The minimum absolute atomic E-state index is 0.320. The Morgan fingerprint density at radius 1 is 1.13 bits per heavy atom. The second-order valence-electron chi connectivity index (χ2n) is 5.76. The van der Waals surface area contributed by atoms with E-state index in [1.54, 1.807) is 12.1 Å². The van der Waals surface area contributed by atoms with E-state index in [1.165, 1.54) is 11.6 Å². The van der Waals surface area contributed by atoms with E-state index < -0.39 is 0 Å². The third-order valence-electron chi connectivity index (χ3n) is 4.47. The van der Waals surface area contributed by atoms with E-state index in [-0.39, 0.29) is 5.82 Å². The van der Waals surface area contributed by atoms with Crippen LogP contribution in [0.4, 0.5) is 10.1 Å². The highest BCUT2D eigenvalue weighted by molar-refractivity contribution is 5.51. The smallest absolute Gasteiger partial charge is 0.147 e. The first kappa shape index (κ1) is 15.4. The molecule has 0 bridgehead atoms. The summed E-state index contributed by atoms with van der Waals surface area (Å²) in [6, 6.07) is 11.1. The molecule has 5 heteroatoms. The van der Waals surface area contributed by atoms with Crippen LogP contribution in [0.2, 0.25) is 0 Å². The summed E-state index contributed by atoms with van der Waals surface area (Å²) in [5.74, 6) is -0.320. The number of aromatic nitrogens is 1. The molecule has 1 aliphatic rings. The van der Waals surface area contributed by atoms with Crippen molar-refractivity contribution in [1.29, 1.82) is 5.26 Å². The summed E-state index contributed by atoms with van der Waals surface area (Å²) < 4.78 is 14.1. The van der Waals surface area contributed by atoms with E-state index in [9.17, 15) is 4.39 Å². The lowest BCUT2D eigenvalue weighted by Gasteiger charge is -2.39. The van der Waals surface area contributed by atoms with Gasteiger partial charge in [-0.3, -0.25) is 9.88 Å². The first-order valence-electron chi connectivity index (χ1n) is 7.77. The lowest BCUT2D eigenvalue weighted by atomic mass is 10.1. The molecule has 1 aromatic carbocycles. The highest BCUT2D eigenvalue weighted by atomic mass is 19.1. The third-order valence-corrected chi connectivity index (χ3v) is 4.47. The molecule has 2 heterocycles. The number of halogens is 1. The molecule has 1 saturated heterocycles. The zero-order valence-corrected chi connectivity index (χ0v) is 13.1. The minimum Gasteiger partial charge on any atom is -0.367 e. The molecule has 0 N–H and O–H groups in total. The fraction of sp³-hybridized carbons (Fsp3) is 0.333. The van der Waals surface area contributed by atoms with Crippen LogP contribution in [-0.2, 0) is 0 Å². The lowest BCUT2D eigenvalue weighted by molar-refractivity contribution is 0.198. The van der Waals surface area contributed by atoms with Gasteiger partial charge in [0.1, 0.15) is 5.82 Å². The Kier molecular flexibility index (Phi) is 4.54. The van der Waals surface area contributed by atoms with E-state index in [1.807, 2.05) is 35.5 Å². The first-order chi connectivity index (χ1) is 11.2. The van der Waals surface area contributed by atoms with Crippen LogP contribution in [0.25, 0.3) is 0 Å². The predicted octanol–water partition coefficient (Wildman–Crippen LogP) is 2.98. The van der Waals surface area contributed by atoms with Crippen molar-refractivity contribution in [2.45, 2.75) is 13.0 Å². The largest absolute Gasteiger partial charge is 0.367 e. The summed E-state index contributed by atoms with van der Waals surface area (Å²) in [6.07, 6.45) is 3.63. The number of nitriles is 1. The van der Waals surface area contributed by atoms with Gasteiger partial charge in [-0.1, -0.05) is 0 Å². The second-order valence-corrected chi connectivity index (χ2v) is 5.76. The summed E-state index contributed by atoms with van der Waals surface area (Å²) in [4.78, 5) is 8.50. The van der Waals surface area contributed by atoms with E-state index >= 15 is 0 Å². The molecule has 1 aliphatic heterocycles. The van der Waals surface area contributed by atoms with Gasteiger partial charge < -0.3 is 4.90 Å². The Morgan fingerprint density at radius 3 is 2.43 bits per heavy atom. The van der Waals surface area contributed by atoms with Crippen LogP contribution in [0.5, 0.6) is 0 Å². The maximum absolute atomic E-state index is 14.1. The fourth-order valence-electron chi connectivity index (χ4n) is 3.04. The molecule has 23 heavy (non-hydrogen) atoms. The Labute approximate surface area is 135 Å². The van der Waals surface area contributed by atoms with Crippen molar-refractivity contribution in [3.05, 3.63) is 59.7 Å². The first-order valence-corrected chi connectivity index (χ1v) is 7.77. The van der Waals surface area contributed by atoms with Gasteiger partial charge in [0.15, 0.2) is 0 Å². The average molecular weight is 310 g/mol. The summed E-state index contributed by atoms with van der Waals surface area (Å²) in [5.41, 5.74) is 2.19. The highest BCUT2D eigenvalue weighted by Gasteiger charge is 2.23.